The average Bonchev–Trinajstić information content (AvgIpc) is 2.48. The summed E-state index contributed by atoms with van der Waals surface area (Å²) in [6.45, 7) is 6.02. The molecule has 0 saturated carbocycles. The second kappa shape index (κ2) is 7.23. The monoisotopic (exact) mass is 323 g/mol. The Morgan fingerprint density at radius 1 is 1.45 bits per heavy atom. The van der Waals surface area contributed by atoms with Gasteiger partial charge in [-0.1, -0.05) is 19.1 Å². The molecule has 1 rings (SSSR count). The van der Waals surface area contributed by atoms with E-state index in [1.165, 1.54) is 0 Å². The lowest BCUT2D eigenvalue weighted by molar-refractivity contribution is 0.0224. The number of thiol groups is 1. The predicted octanol–water partition coefficient (Wildman–Crippen LogP) is 2.14. The van der Waals surface area contributed by atoms with Crippen molar-refractivity contribution in [1.82, 2.24) is 4.90 Å². The Balaban J connectivity index is 3.07. The number of benzene rings is 1. The molecule has 1 unspecified atom stereocenters. The Bertz CT molecular complexity index is 544. The number of hydrogen-bond acceptors (Lipinski definition) is 6. The third kappa shape index (κ3) is 3.86. The lowest BCUT2D eigenvalue weighted by atomic mass is 9.84. The number of nitrogens with two attached hydrogens (primary N) is 1. The Morgan fingerprint density at radius 3 is 2.55 bits per heavy atom. The Labute approximate surface area is 138 Å². The molecule has 1 aromatic rings. The SMILES string of the molecule is C[C@H](C(C)(S)N(C)CCO)[C@@](C)(C#N)Oc1ccccc1N. The fourth-order valence-electron chi connectivity index (χ4n) is 2.24. The number of nitrogens with zero attached hydrogens (tertiary/aromatic N) is 2. The van der Waals surface area contributed by atoms with Gasteiger partial charge in [-0.05, 0) is 33.0 Å². The summed E-state index contributed by atoms with van der Waals surface area (Å²) in [5.41, 5.74) is 5.27. The summed E-state index contributed by atoms with van der Waals surface area (Å²) in [5, 5.41) is 18.8. The van der Waals surface area contributed by atoms with Crippen LogP contribution in [0.2, 0.25) is 0 Å². The first-order chi connectivity index (χ1) is 10.2. The summed E-state index contributed by atoms with van der Waals surface area (Å²) in [6, 6.07) is 9.34. The van der Waals surface area contributed by atoms with Gasteiger partial charge in [0, 0.05) is 12.5 Å². The van der Waals surface area contributed by atoms with E-state index < -0.39 is 10.5 Å². The van der Waals surface area contributed by atoms with Gasteiger partial charge in [0.2, 0.25) is 0 Å². The number of ether oxygens (including phenoxy) is 1. The second-order valence-corrected chi connectivity index (χ2v) is 6.73. The first-order valence-electron chi connectivity index (χ1n) is 7.18. The maximum atomic E-state index is 9.67. The van der Waals surface area contributed by atoms with E-state index in [1.807, 2.05) is 37.9 Å². The van der Waals surface area contributed by atoms with E-state index in [4.69, 9.17) is 28.2 Å². The van der Waals surface area contributed by atoms with E-state index in [0.29, 0.717) is 18.0 Å². The van der Waals surface area contributed by atoms with E-state index in [-0.39, 0.29) is 12.5 Å². The molecule has 0 heterocycles. The molecule has 6 heteroatoms. The van der Waals surface area contributed by atoms with E-state index in [0.717, 1.165) is 0 Å². The molecule has 0 saturated heterocycles. The van der Waals surface area contributed by atoms with E-state index >= 15 is 0 Å². The highest BCUT2D eigenvalue weighted by Gasteiger charge is 2.46. The number of nitrogen functional groups attached to an aromatic ring is 1. The summed E-state index contributed by atoms with van der Waals surface area (Å²) in [6.07, 6.45) is 0. The molecule has 0 bridgehead atoms. The molecule has 0 spiro atoms. The minimum Gasteiger partial charge on any atom is -0.470 e. The van der Waals surface area contributed by atoms with Crippen LogP contribution in [-0.4, -0.2) is 40.7 Å². The van der Waals surface area contributed by atoms with Crippen molar-refractivity contribution in [2.45, 2.75) is 31.2 Å². The fourth-order valence-corrected chi connectivity index (χ4v) is 2.59. The van der Waals surface area contributed by atoms with E-state index in [2.05, 4.69) is 6.07 Å². The van der Waals surface area contributed by atoms with Crippen molar-refractivity contribution in [3.63, 3.8) is 0 Å². The summed E-state index contributed by atoms with van der Waals surface area (Å²) in [4.78, 5) is 1.25. The topological polar surface area (TPSA) is 82.5 Å². The van der Waals surface area contributed by atoms with Crippen molar-refractivity contribution in [3.05, 3.63) is 24.3 Å². The maximum absolute atomic E-state index is 9.67. The normalized spacial score (nSPS) is 18.1. The van der Waals surface area contributed by atoms with Crippen molar-refractivity contribution in [3.8, 4) is 11.8 Å². The van der Waals surface area contributed by atoms with Crippen LogP contribution in [0.3, 0.4) is 0 Å². The molecular weight excluding hydrogens is 298 g/mol. The van der Waals surface area contributed by atoms with Crippen LogP contribution in [-0.2, 0) is 0 Å². The molecule has 3 atom stereocenters. The Morgan fingerprint density at radius 2 is 2.05 bits per heavy atom. The van der Waals surface area contributed by atoms with Crippen molar-refractivity contribution >= 4 is 18.3 Å². The van der Waals surface area contributed by atoms with E-state index in [9.17, 15) is 5.26 Å². The lowest BCUT2D eigenvalue weighted by Crippen LogP contribution is -2.55. The van der Waals surface area contributed by atoms with Crippen LogP contribution >= 0.6 is 12.6 Å². The molecule has 22 heavy (non-hydrogen) atoms. The van der Waals surface area contributed by atoms with Crippen molar-refractivity contribution in [1.29, 1.82) is 5.26 Å². The molecule has 0 aliphatic carbocycles. The summed E-state index contributed by atoms with van der Waals surface area (Å²) < 4.78 is 5.93. The number of aliphatic hydroxyl groups excluding tert-OH is 1. The van der Waals surface area contributed by atoms with Gasteiger partial charge < -0.3 is 15.6 Å². The second-order valence-electron chi connectivity index (χ2n) is 5.82. The third-order valence-corrected chi connectivity index (χ3v) is 5.05. The number of anilines is 1. The highest BCUT2D eigenvalue weighted by Crippen LogP contribution is 2.38. The highest BCUT2D eigenvalue weighted by atomic mass is 32.1. The van der Waals surface area contributed by atoms with E-state index in [1.54, 1.807) is 19.1 Å². The van der Waals surface area contributed by atoms with Gasteiger partial charge in [0.25, 0.3) is 0 Å². The lowest BCUT2D eigenvalue weighted by Gasteiger charge is -2.44. The molecule has 0 amide bonds. The molecule has 0 aliphatic heterocycles. The molecule has 0 aromatic heterocycles. The zero-order valence-corrected chi connectivity index (χ0v) is 14.5. The summed E-state index contributed by atoms with van der Waals surface area (Å²) >= 11 is 4.70. The molecular formula is C16H25N3O2S. The maximum Gasteiger partial charge on any atom is 0.196 e. The highest BCUT2D eigenvalue weighted by molar-refractivity contribution is 7.81. The van der Waals surface area contributed by atoms with Gasteiger partial charge >= 0.3 is 0 Å². The first kappa shape index (κ1) is 18.6. The molecule has 3 N–H and O–H groups in total. The number of para-hydroxylation sites is 2. The number of hydrogen-bond donors (Lipinski definition) is 3. The van der Waals surface area contributed by atoms with Crippen LogP contribution in [0.5, 0.6) is 5.75 Å². The van der Waals surface area contributed by atoms with Crippen LogP contribution in [0.4, 0.5) is 5.69 Å². The van der Waals surface area contributed by atoms with Crippen LogP contribution < -0.4 is 10.5 Å². The summed E-state index contributed by atoms with van der Waals surface area (Å²) in [5.74, 6) is 0.219. The Kier molecular flexibility index (Phi) is 6.12. The van der Waals surface area contributed by atoms with Crippen LogP contribution in [0.1, 0.15) is 20.8 Å². The molecule has 122 valence electrons. The average molecular weight is 323 g/mol. The predicted molar refractivity (Wildman–Crippen MR) is 91.8 cm³/mol. The van der Waals surface area contributed by atoms with Crippen LogP contribution in [0, 0.1) is 17.2 Å². The summed E-state index contributed by atoms with van der Waals surface area (Å²) in [7, 11) is 1.86. The third-order valence-electron chi connectivity index (χ3n) is 4.32. The largest absolute Gasteiger partial charge is 0.470 e. The van der Waals surface area contributed by atoms with Gasteiger partial charge in [0.05, 0.1) is 17.2 Å². The quantitative estimate of drug-likeness (QED) is 0.407. The van der Waals surface area contributed by atoms with Gasteiger partial charge in [-0.2, -0.15) is 17.9 Å². The zero-order valence-electron chi connectivity index (χ0n) is 13.6. The van der Waals surface area contributed by atoms with Crippen molar-refractivity contribution in [2.75, 3.05) is 25.9 Å². The van der Waals surface area contributed by atoms with Gasteiger partial charge in [-0.3, -0.25) is 4.90 Å². The standard InChI is InChI=1S/C16H25N3O2S/c1-12(16(3,22)19(4)9-10-20)15(2,11-17)21-14-8-6-5-7-13(14)18/h5-8,12,20,22H,9-10,18H2,1-4H3/t12-,15+,16?/m0/s1. The number of likely N-dealkylation sites (N-methyl/N-ethyl adjacent to an activating group) is 1. The molecule has 0 aliphatic rings. The molecule has 1 aromatic carbocycles. The van der Waals surface area contributed by atoms with Gasteiger partial charge in [0.15, 0.2) is 5.60 Å². The fraction of sp³-hybridized carbons (Fsp3) is 0.562. The van der Waals surface area contributed by atoms with Crippen LogP contribution in [0.25, 0.3) is 0 Å². The smallest absolute Gasteiger partial charge is 0.196 e. The molecule has 0 fully saturated rings. The molecule has 5 nitrogen and oxygen atoms in total. The van der Waals surface area contributed by atoms with Crippen LogP contribution in [0.15, 0.2) is 24.3 Å². The van der Waals surface area contributed by atoms with Gasteiger partial charge in [-0.15, -0.1) is 0 Å². The zero-order chi connectivity index (χ0) is 17.0. The number of rotatable bonds is 7. The van der Waals surface area contributed by atoms with Crippen molar-refractivity contribution in [2.24, 2.45) is 5.92 Å². The van der Waals surface area contributed by atoms with Crippen molar-refractivity contribution < 1.29 is 9.84 Å². The minimum absolute atomic E-state index is 0.0229. The Hall–Kier alpha value is -1.42. The van der Waals surface area contributed by atoms with Gasteiger partial charge in [0.1, 0.15) is 11.8 Å². The first-order valence-corrected chi connectivity index (χ1v) is 7.63. The number of nitriles is 1. The van der Waals surface area contributed by atoms with Gasteiger partial charge in [-0.25, -0.2) is 0 Å². The molecule has 0 radical (unpaired) electrons. The number of aliphatic hydroxyl groups is 1. The minimum atomic E-state index is -1.12.